The molecule has 0 saturated heterocycles. The summed E-state index contributed by atoms with van der Waals surface area (Å²) in [4.78, 5) is 13.9. The van der Waals surface area contributed by atoms with E-state index in [4.69, 9.17) is 11.6 Å². The highest BCUT2D eigenvalue weighted by atomic mass is 35.5. The normalized spacial score (nSPS) is 11.9. The molecule has 0 unspecified atom stereocenters. The molecule has 0 aliphatic carbocycles. The summed E-state index contributed by atoms with van der Waals surface area (Å²) in [7, 11) is 0. The highest BCUT2D eigenvalue weighted by Crippen LogP contribution is 2.20. The van der Waals surface area contributed by atoms with E-state index in [0.717, 1.165) is 5.56 Å². The van der Waals surface area contributed by atoms with Crippen molar-refractivity contribution in [2.75, 3.05) is 0 Å². The molecule has 1 N–H and O–H groups in total. The van der Waals surface area contributed by atoms with Gasteiger partial charge in [-0.15, -0.1) is 0 Å². The monoisotopic (exact) mass is 358 g/mol. The smallest absolute Gasteiger partial charge is 0.225 e. The van der Waals surface area contributed by atoms with Gasteiger partial charge in [0.25, 0.3) is 0 Å². The summed E-state index contributed by atoms with van der Waals surface area (Å²) >= 11 is 6.00. The van der Waals surface area contributed by atoms with Crippen LogP contribution in [0.3, 0.4) is 0 Å². The van der Waals surface area contributed by atoms with E-state index in [1.807, 2.05) is 30.3 Å². The molecular weight excluding hydrogens is 343 g/mol. The number of nitrogens with zero attached hydrogens (tertiary/aromatic N) is 3. The molecule has 3 rings (SSSR count). The Morgan fingerprint density at radius 2 is 1.84 bits per heavy atom. The highest BCUT2D eigenvalue weighted by molar-refractivity contribution is 6.31. The third-order valence-electron chi connectivity index (χ3n) is 3.75. The maximum atomic E-state index is 13.9. The van der Waals surface area contributed by atoms with Gasteiger partial charge >= 0.3 is 0 Å². The molecule has 1 amide bonds. The Balaban J connectivity index is 1.76. The lowest BCUT2D eigenvalue weighted by molar-refractivity contribution is -0.121. The van der Waals surface area contributed by atoms with E-state index < -0.39 is 5.82 Å². The zero-order chi connectivity index (χ0) is 17.6. The summed E-state index contributed by atoms with van der Waals surface area (Å²) in [5.74, 6) is -0.819. The molecule has 0 aliphatic rings. The lowest BCUT2D eigenvalue weighted by Crippen LogP contribution is -2.33. The van der Waals surface area contributed by atoms with Crippen LogP contribution in [-0.2, 0) is 17.8 Å². The average Bonchev–Trinajstić information content (AvgIpc) is 3.12. The van der Waals surface area contributed by atoms with Gasteiger partial charge in [0.05, 0.1) is 31.4 Å². The number of aromatic nitrogens is 3. The van der Waals surface area contributed by atoms with Crippen molar-refractivity contribution in [1.82, 2.24) is 20.3 Å². The first-order chi connectivity index (χ1) is 12.1. The molecule has 0 spiro atoms. The summed E-state index contributed by atoms with van der Waals surface area (Å²) in [6.45, 7) is 0.369. The van der Waals surface area contributed by atoms with Crippen LogP contribution in [0.2, 0.25) is 5.02 Å². The molecule has 1 aromatic heterocycles. The lowest BCUT2D eigenvalue weighted by atomic mass is 10.1. The summed E-state index contributed by atoms with van der Waals surface area (Å²) in [6.07, 6.45) is 3.01. The van der Waals surface area contributed by atoms with E-state index >= 15 is 0 Å². The van der Waals surface area contributed by atoms with Gasteiger partial charge in [-0.3, -0.25) is 4.79 Å². The number of hydrogen-bond donors (Lipinski definition) is 1. The molecule has 7 heteroatoms. The zero-order valence-electron chi connectivity index (χ0n) is 13.3. The van der Waals surface area contributed by atoms with E-state index in [-0.39, 0.29) is 29.0 Å². The van der Waals surface area contributed by atoms with Gasteiger partial charge < -0.3 is 5.32 Å². The standard InChI is InChI=1S/C18H16ClFN4O/c19-15-7-4-8-16(20)14(15)11-18(25)23-17(12-24-21-9-10-22-24)13-5-2-1-3-6-13/h1-10,17H,11-12H2,(H,23,25)/t17-/m0/s1. The van der Waals surface area contributed by atoms with E-state index in [2.05, 4.69) is 15.5 Å². The van der Waals surface area contributed by atoms with Crippen molar-refractivity contribution in [3.8, 4) is 0 Å². The van der Waals surface area contributed by atoms with Crippen molar-refractivity contribution in [2.24, 2.45) is 0 Å². The highest BCUT2D eigenvalue weighted by Gasteiger charge is 2.18. The largest absolute Gasteiger partial charge is 0.347 e. The van der Waals surface area contributed by atoms with Crippen LogP contribution in [0.5, 0.6) is 0 Å². The summed E-state index contributed by atoms with van der Waals surface area (Å²) in [5, 5.41) is 11.3. The van der Waals surface area contributed by atoms with Gasteiger partial charge in [0, 0.05) is 10.6 Å². The minimum atomic E-state index is -0.493. The lowest BCUT2D eigenvalue weighted by Gasteiger charge is -2.19. The van der Waals surface area contributed by atoms with Crippen LogP contribution < -0.4 is 5.32 Å². The number of halogens is 2. The van der Waals surface area contributed by atoms with Gasteiger partial charge in [-0.25, -0.2) is 4.39 Å². The van der Waals surface area contributed by atoms with Crippen molar-refractivity contribution < 1.29 is 9.18 Å². The van der Waals surface area contributed by atoms with Crippen LogP contribution in [0.15, 0.2) is 60.9 Å². The Hall–Kier alpha value is -2.73. The maximum Gasteiger partial charge on any atom is 0.225 e. The topological polar surface area (TPSA) is 59.8 Å². The molecule has 25 heavy (non-hydrogen) atoms. The van der Waals surface area contributed by atoms with Crippen LogP contribution in [0, 0.1) is 5.82 Å². The van der Waals surface area contributed by atoms with Crippen LogP contribution in [0.1, 0.15) is 17.2 Å². The third-order valence-corrected chi connectivity index (χ3v) is 4.10. The van der Waals surface area contributed by atoms with E-state index in [1.165, 1.54) is 16.9 Å². The molecule has 5 nitrogen and oxygen atoms in total. The minimum Gasteiger partial charge on any atom is -0.347 e. The molecule has 128 valence electrons. The predicted octanol–water partition coefficient (Wildman–Crippen LogP) is 3.17. The van der Waals surface area contributed by atoms with E-state index in [0.29, 0.717) is 6.54 Å². The Kier molecular flexibility index (Phi) is 5.40. The zero-order valence-corrected chi connectivity index (χ0v) is 14.0. The molecule has 0 bridgehead atoms. The first kappa shape index (κ1) is 17.1. The predicted molar refractivity (Wildman–Crippen MR) is 92.5 cm³/mol. The number of carbonyl (C=O) groups excluding carboxylic acids is 1. The molecule has 0 fully saturated rings. The first-order valence-corrected chi connectivity index (χ1v) is 8.12. The Morgan fingerprint density at radius 3 is 2.52 bits per heavy atom. The second-order valence-corrected chi connectivity index (χ2v) is 5.90. The van der Waals surface area contributed by atoms with Crippen molar-refractivity contribution in [3.63, 3.8) is 0 Å². The summed E-state index contributed by atoms with van der Waals surface area (Å²) in [6, 6.07) is 13.5. The van der Waals surface area contributed by atoms with Gasteiger partial charge in [-0.1, -0.05) is 48.0 Å². The van der Waals surface area contributed by atoms with Crippen molar-refractivity contribution in [1.29, 1.82) is 0 Å². The first-order valence-electron chi connectivity index (χ1n) is 7.75. The third kappa shape index (κ3) is 4.42. The van der Waals surface area contributed by atoms with Crippen molar-refractivity contribution in [2.45, 2.75) is 19.0 Å². The minimum absolute atomic E-state index is 0.138. The molecular formula is C18H16ClFN4O. The average molecular weight is 359 g/mol. The van der Waals surface area contributed by atoms with E-state index in [9.17, 15) is 9.18 Å². The fourth-order valence-corrected chi connectivity index (χ4v) is 2.76. The number of benzene rings is 2. The van der Waals surface area contributed by atoms with Gasteiger partial charge in [0.1, 0.15) is 5.82 Å². The molecule has 0 saturated carbocycles. The van der Waals surface area contributed by atoms with Gasteiger partial charge in [-0.2, -0.15) is 15.0 Å². The number of nitrogens with one attached hydrogen (secondary N) is 1. The van der Waals surface area contributed by atoms with Crippen molar-refractivity contribution in [3.05, 3.63) is 82.9 Å². The fourth-order valence-electron chi connectivity index (χ4n) is 2.53. The van der Waals surface area contributed by atoms with Gasteiger partial charge in [0.2, 0.25) is 5.91 Å². The van der Waals surface area contributed by atoms with Gasteiger partial charge in [-0.05, 0) is 17.7 Å². The van der Waals surface area contributed by atoms with Gasteiger partial charge in [0.15, 0.2) is 0 Å². The summed E-state index contributed by atoms with van der Waals surface area (Å²) < 4.78 is 13.9. The number of amides is 1. The number of hydrogen-bond acceptors (Lipinski definition) is 3. The summed E-state index contributed by atoms with van der Waals surface area (Å²) in [5.41, 5.74) is 1.10. The quantitative estimate of drug-likeness (QED) is 0.736. The van der Waals surface area contributed by atoms with Crippen LogP contribution in [0.25, 0.3) is 0 Å². The number of carbonyl (C=O) groups is 1. The van der Waals surface area contributed by atoms with Crippen molar-refractivity contribution >= 4 is 17.5 Å². The van der Waals surface area contributed by atoms with Crippen LogP contribution >= 0.6 is 11.6 Å². The molecule has 0 aliphatic heterocycles. The second kappa shape index (κ2) is 7.90. The molecule has 2 aromatic carbocycles. The van der Waals surface area contributed by atoms with Crippen LogP contribution in [0.4, 0.5) is 4.39 Å². The molecule has 0 radical (unpaired) electrons. The number of rotatable bonds is 6. The van der Waals surface area contributed by atoms with Crippen LogP contribution in [-0.4, -0.2) is 20.9 Å². The molecule has 1 heterocycles. The Labute approximate surface area is 149 Å². The Bertz CT molecular complexity index is 819. The fraction of sp³-hybridized carbons (Fsp3) is 0.167. The molecule has 1 atom stereocenters. The maximum absolute atomic E-state index is 13.9. The molecule has 3 aromatic rings. The SMILES string of the molecule is O=C(Cc1c(F)cccc1Cl)N[C@@H](Cn1nccn1)c1ccccc1. The Morgan fingerprint density at radius 1 is 1.12 bits per heavy atom. The second-order valence-electron chi connectivity index (χ2n) is 5.49. The van der Waals surface area contributed by atoms with E-state index in [1.54, 1.807) is 18.5 Å².